The number of hydrogen-bond acceptors (Lipinski definition) is 6. The fourth-order valence-electron chi connectivity index (χ4n) is 6.34. The van der Waals surface area contributed by atoms with Crippen LogP contribution < -0.4 is 0 Å². The van der Waals surface area contributed by atoms with E-state index in [0.717, 1.165) is 29.0 Å². The van der Waals surface area contributed by atoms with Gasteiger partial charge in [-0.3, -0.25) is 9.78 Å². The van der Waals surface area contributed by atoms with E-state index in [-0.39, 0.29) is 5.92 Å². The van der Waals surface area contributed by atoms with Crippen LogP contribution in [0.15, 0.2) is 24.3 Å². The van der Waals surface area contributed by atoms with Gasteiger partial charge in [0.15, 0.2) is 0 Å². The number of aromatic nitrogens is 1. The lowest BCUT2D eigenvalue weighted by atomic mass is 9.68. The van der Waals surface area contributed by atoms with Crippen LogP contribution in [0.5, 0.6) is 0 Å². The Morgan fingerprint density at radius 1 is 1.13 bits per heavy atom. The van der Waals surface area contributed by atoms with Gasteiger partial charge in [-0.2, -0.15) is 13.2 Å². The van der Waals surface area contributed by atoms with Crippen LogP contribution in [0, 0.1) is 5.41 Å². The number of hydrogen-bond donors (Lipinski definition) is 1. The zero-order valence-corrected chi connectivity index (χ0v) is 22.3. The number of fused-ring (bicyclic) bond motifs is 4. The Labute approximate surface area is 220 Å². The second-order valence-corrected chi connectivity index (χ2v) is 11.7. The predicted molar refractivity (Wildman–Crippen MR) is 132 cm³/mol. The van der Waals surface area contributed by atoms with Gasteiger partial charge in [0.1, 0.15) is 12.2 Å². The number of aliphatic hydroxyl groups is 1. The standard InChI is InChI=1S/C29H34F3NO5/c1-15(2)23-21-22(20-19(35)14-27(4,5)26(24(20)33-23)37-16(3)34)28(10-12-36-13-11-28)38-25(21)17-6-8-18(9-7-17)29(30,31)32/h6-9,15,19,25-26,35H,10-14H2,1-5H3/t19-,25+,26-/m0/s1. The summed E-state index contributed by atoms with van der Waals surface area (Å²) in [5.74, 6) is -0.497. The summed E-state index contributed by atoms with van der Waals surface area (Å²) in [6.45, 7) is 10.1. The molecule has 206 valence electrons. The van der Waals surface area contributed by atoms with E-state index in [0.29, 0.717) is 49.3 Å². The van der Waals surface area contributed by atoms with Crippen LogP contribution in [0.1, 0.15) is 117 Å². The number of aliphatic hydroxyl groups excluding tert-OH is 1. The molecule has 3 aliphatic rings. The van der Waals surface area contributed by atoms with Gasteiger partial charge in [0.05, 0.1) is 23.0 Å². The highest BCUT2D eigenvalue weighted by Crippen LogP contribution is 2.59. The van der Waals surface area contributed by atoms with Crippen LogP contribution in [0.2, 0.25) is 0 Å². The largest absolute Gasteiger partial charge is 0.455 e. The minimum absolute atomic E-state index is 0.0650. The SMILES string of the molecule is CC(=O)O[C@H]1c2nc(C(C)C)c3c(c2[C@@H](O)CC1(C)C)C1(CCOCC1)O[C@@H]3c1ccc(C(F)(F)F)cc1. The van der Waals surface area contributed by atoms with Gasteiger partial charge in [0, 0.05) is 55.2 Å². The van der Waals surface area contributed by atoms with Crippen molar-refractivity contribution in [2.45, 2.75) is 89.9 Å². The summed E-state index contributed by atoms with van der Waals surface area (Å²) in [5, 5.41) is 11.5. The first-order valence-corrected chi connectivity index (χ1v) is 13.1. The molecule has 1 aliphatic carbocycles. The number of alkyl halides is 3. The Hall–Kier alpha value is -2.49. The summed E-state index contributed by atoms with van der Waals surface area (Å²) in [6.07, 6.45) is -5.23. The highest BCUT2D eigenvalue weighted by atomic mass is 19.4. The Kier molecular flexibility index (Phi) is 6.64. The van der Waals surface area contributed by atoms with Gasteiger partial charge in [-0.1, -0.05) is 39.8 Å². The minimum atomic E-state index is -4.44. The second kappa shape index (κ2) is 9.31. The van der Waals surface area contributed by atoms with Crippen LogP contribution in [0.25, 0.3) is 0 Å². The molecule has 5 rings (SSSR count). The molecule has 0 saturated carbocycles. The molecule has 1 saturated heterocycles. The molecule has 9 heteroatoms. The summed E-state index contributed by atoms with van der Waals surface area (Å²) in [7, 11) is 0. The summed E-state index contributed by atoms with van der Waals surface area (Å²) >= 11 is 0. The van der Waals surface area contributed by atoms with Crippen molar-refractivity contribution >= 4 is 5.97 Å². The molecular formula is C29H34F3NO5. The second-order valence-electron chi connectivity index (χ2n) is 11.7. The van der Waals surface area contributed by atoms with Gasteiger partial charge in [-0.05, 0) is 35.6 Å². The molecular weight excluding hydrogens is 499 g/mol. The lowest BCUT2D eigenvalue weighted by molar-refractivity contribution is -0.157. The fourth-order valence-corrected chi connectivity index (χ4v) is 6.34. The lowest BCUT2D eigenvalue weighted by Crippen LogP contribution is -2.39. The van der Waals surface area contributed by atoms with Gasteiger partial charge in [0.2, 0.25) is 0 Å². The number of ether oxygens (including phenoxy) is 3. The molecule has 1 aromatic heterocycles. The molecule has 3 atom stereocenters. The molecule has 0 bridgehead atoms. The highest BCUT2D eigenvalue weighted by molar-refractivity contribution is 5.67. The van der Waals surface area contributed by atoms with Crippen LogP contribution in [-0.4, -0.2) is 29.3 Å². The van der Waals surface area contributed by atoms with Crippen LogP contribution in [0.4, 0.5) is 13.2 Å². The molecule has 1 fully saturated rings. The third-order valence-electron chi connectivity index (χ3n) is 8.08. The van der Waals surface area contributed by atoms with Crippen LogP contribution in [0.3, 0.4) is 0 Å². The molecule has 3 heterocycles. The molecule has 2 aromatic rings. The van der Waals surface area contributed by atoms with Crippen LogP contribution in [-0.2, 0) is 30.8 Å². The van der Waals surface area contributed by atoms with Crippen molar-refractivity contribution in [3.05, 3.63) is 63.5 Å². The Bertz CT molecular complexity index is 1230. The predicted octanol–water partition coefficient (Wildman–Crippen LogP) is 6.42. The van der Waals surface area contributed by atoms with Gasteiger partial charge in [0.25, 0.3) is 0 Å². The Morgan fingerprint density at radius 2 is 1.76 bits per heavy atom. The van der Waals surface area contributed by atoms with Crippen molar-refractivity contribution in [2.75, 3.05) is 13.2 Å². The first kappa shape index (κ1) is 27.1. The van der Waals surface area contributed by atoms with Crippen molar-refractivity contribution in [1.29, 1.82) is 0 Å². The summed E-state index contributed by atoms with van der Waals surface area (Å²) in [5.41, 5.74) is 2.00. The summed E-state index contributed by atoms with van der Waals surface area (Å²) in [4.78, 5) is 17.2. The molecule has 2 aliphatic heterocycles. The molecule has 1 N–H and O–H groups in total. The molecule has 0 unspecified atom stereocenters. The van der Waals surface area contributed by atoms with E-state index < -0.39 is 47.0 Å². The molecule has 0 radical (unpaired) electrons. The Balaban J connectivity index is 1.78. The van der Waals surface area contributed by atoms with E-state index in [1.807, 2.05) is 27.7 Å². The molecule has 1 spiro atoms. The van der Waals surface area contributed by atoms with Crippen molar-refractivity contribution < 1.29 is 37.3 Å². The number of nitrogens with zero attached hydrogens (tertiary/aromatic N) is 1. The van der Waals surface area contributed by atoms with Crippen molar-refractivity contribution in [3.63, 3.8) is 0 Å². The quantitative estimate of drug-likeness (QED) is 0.459. The zero-order chi connectivity index (χ0) is 27.6. The monoisotopic (exact) mass is 533 g/mol. The number of carbonyl (C=O) groups is 1. The smallest absolute Gasteiger partial charge is 0.416 e. The fraction of sp³-hybridized carbons (Fsp3) is 0.586. The highest BCUT2D eigenvalue weighted by Gasteiger charge is 2.54. The normalized spacial score (nSPS) is 25.8. The van der Waals surface area contributed by atoms with E-state index in [4.69, 9.17) is 19.2 Å². The van der Waals surface area contributed by atoms with Crippen molar-refractivity contribution in [3.8, 4) is 0 Å². The summed E-state index contributed by atoms with van der Waals surface area (Å²) in [6, 6.07) is 5.06. The van der Waals surface area contributed by atoms with E-state index in [1.165, 1.54) is 19.1 Å². The van der Waals surface area contributed by atoms with E-state index in [1.54, 1.807) is 0 Å². The first-order chi connectivity index (χ1) is 17.7. The molecule has 6 nitrogen and oxygen atoms in total. The van der Waals surface area contributed by atoms with E-state index in [9.17, 15) is 23.1 Å². The van der Waals surface area contributed by atoms with Crippen LogP contribution >= 0.6 is 0 Å². The van der Waals surface area contributed by atoms with Crippen molar-refractivity contribution in [2.24, 2.45) is 5.41 Å². The molecule has 1 aromatic carbocycles. The number of halogens is 3. The molecule has 0 amide bonds. The topological polar surface area (TPSA) is 77.9 Å². The van der Waals surface area contributed by atoms with E-state index >= 15 is 0 Å². The van der Waals surface area contributed by atoms with Gasteiger partial charge in [-0.15, -0.1) is 0 Å². The number of esters is 1. The number of carbonyl (C=O) groups excluding carboxylic acids is 1. The van der Waals surface area contributed by atoms with Gasteiger partial charge in [-0.25, -0.2) is 0 Å². The number of benzene rings is 1. The maximum atomic E-state index is 13.3. The maximum absolute atomic E-state index is 13.3. The van der Waals surface area contributed by atoms with Crippen molar-refractivity contribution in [1.82, 2.24) is 4.98 Å². The number of pyridine rings is 1. The van der Waals surface area contributed by atoms with Gasteiger partial charge < -0.3 is 19.3 Å². The lowest BCUT2D eigenvalue weighted by Gasteiger charge is -2.43. The average molecular weight is 534 g/mol. The summed E-state index contributed by atoms with van der Waals surface area (Å²) < 4.78 is 58.2. The third-order valence-corrected chi connectivity index (χ3v) is 8.08. The third kappa shape index (κ3) is 4.42. The Morgan fingerprint density at radius 3 is 2.32 bits per heavy atom. The first-order valence-electron chi connectivity index (χ1n) is 13.1. The molecule has 38 heavy (non-hydrogen) atoms. The average Bonchev–Trinajstić information content (AvgIpc) is 3.14. The van der Waals surface area contributed by atoms with Gasteiger partial charge >= 0.3 is 12.1 Å². The zero-order valence-electron chi connectivity index (χ0n) is 22.3. The number of rotatable bonds is 3. The minimum Gasteiger partial charge on any atom is -0.455 e. The van der Waals surface area contributed by atoms with E-state index in [2.05, 4.69) is 0 Å². The maximum Gasteiger partial charge on any atom is 0.416 e.